The number of fused-ring (bicyclic) bond motifs is 1. The first-order valence-electron chi connectivity index (χ1n) is 6.82. The van der Waals surface area contributed by atoms with Crippen LogP contribution >= 0.6 is 0 Å². The summed E-state index contributed by atoms with van der Waals surface area (Å²) in [6.45, 7) is 0. The lowest BCUT2D eigenvalue weighted by molar-refractivity contribution is 0.0927. The third-order valence-corrected chi connectivity index (χ3v) is 3.73. The predicted octanol–water partition coefficient (Wildman–Crippen LogP) is 1.81. The van der Waals surface area contributed by atoms with E-state index in [0.29, 0.717) is 5.69 Å². The number of nitrogens with one attached hydrogen (secondary N) is 1. The first-order chi connectivity index (χ1) is 9.63. The molecule has 1 unspecified atom stereocenters. The maximum Gasteiger partial charge on any atom is 0.272 e. The number of nitrogens with two attached hydrogens (primary N) is 1. The average Bonchev–Trinajstić information content (AvgIpc) is 2.85. The number of hydrogen-bond donors (Lipinski definition) is 2. The van der Waals surface area contributed by atoms with Gasteiger partial charge < -0.3 is 11.1 Å². The van der Waals surface area contributed by atoms with E-state index < -0.39 is 0 Å². The van der Waals surface area contributed by atoms with Crippen LogP contribution in [-0.2, 0) is 13.5 Å². The molecule has 1 atom stereocenters. The van der Waals surface area contributed by atoms with Crippen molar-refractivity contribution in [2.24, 2.45) is 7.05 Å². The topological polar surface area (TPSA) is 72.9 Å². The van der Waals surface area contributed by atoms with Gasteiger partial charge in [-0.05, 0) is 48.6 Å². The molecule has 3 rings (SSSR count). The molecule has 2 aromatic rings. The minimum Gasteiger partial charge on any atom is -0.399 e. The highest BCUT2D eigenvalue weighted by atomic mass is 16.2. The van der Waals surface area contributed by atoms with Crippen LogP contribution in [0.2, 0.25) is 0 Å². The van der Waals surface area contributed by atoms with Crippen molar-refractivity contribution in [2.45, 2.75) is 25.3 Å². The molecule has 1 aromatic carbocycles. The minimum atomic E-state index is -0.125. The second kappa shape index (κ2) is 5.00. The number of aryl methyl sites for hydroxylation is 2. The van der Waals surface area contributed by atoms with Crippen LogP contribution in [-0.4, -0.2) is 15.7 Å². The number of nitrogen functional groups attached to an aromatic ring is 1. The van der Waals surface area contributed by atoms with E-state index in [2.05, 4.69) is 10.4 Å². The van der Waals surface area contributed by atoms with Crippen LogP contribution in [0.1, 0.15) is 40.5 Å². The van der Waals surface area contributed by atoms with Gasteiger partial charge in [0.25, 0.3) is 5.91 Å². The Morgan fingerprint density at radius 2 is 2.30 bits per heavy atom. The molecule has 0 saturated heterocycles. The minimum absolute atomic E-state index is 0.0499. The summed E-state index contributed by atoms with van der Waals surface area (Å²) in [5.74, 6) is -0.125. The van der Waals surface area contributed by atoms with Gasteiger partial charge in [0.15, 0.2) is 0 Å². The van der Waals surface area contributed by atoms with E-state index in [9.17, 15) is 4.79 Å². The highest BCUT2D eigenvalue weighted by molar-refractivity contribution is 5.92. The van der Waals surface area contributed by atoms with E-state index in [1.54, 1.807) is 24.0 Å². The maximum absolute atomic E-state index is 12.2. The first kappa shape index (κ1) is 12.7. The molecule has 0 spiro atoms. The Kier molecular flexibility index (Phi) is 3.18. The van der Waals surface area contributed by atoms with Gasteiger partial charge in [-0.25, -0.2) is 0 Å². The van der Waals surface area contributed by atoms with Crippen LogP contribution in [0.15, 0.2) is 30.5 Å². The molecule has 3 N–H and O–H groups in total. The second-order valence-corrected chi connectivity index (χ2v) is 5.25. The molecule has 0 bridgehead atoms. The lowest BCUT2D eigenvalue weighted by Gasteiger charge is -2.26. The van der Waals surface area contributed by atoms with Gasteiger partial charge in [-0.3, -0.25) is 9.48 Å². The van der Waals surface area contributed by atoms with Gasteiger partial charge in [0.05, 0.1) is 6.04 Å². The highest BCUT2D eigenvalue weighted by Crippen LogP contribution is 2.31. The van der Waals surface area contributed by atoms with Gasteiger partial charge in [0.2, 0.25) is 0 Å². The molecule has 0 saturated carbocycles. The smallest absolute Gasteiger partial charge is 0.272 e. The van der Waals surface area contributed by atoms with Crippen molar-refractivity contribution >= 4 is 11.6 Å². The fraction of sp³-hybridized carbons (Fsp3) is 0.333. The van der Waals surface area contributed by atoms with Crippen LogP contribution in [0.4, 0.5) is 5.69 Å². The van der Waals surface area contributed by atoms with E-state index in [0.717, 1.165) is 24.9 Å². The van der Waals surface area contributed by atoms with E-state index in [1.165, 1.54) is 11.1 Å². The lowest BCUT2D eigenvalue weighted by Crippen LogP contribution is -2.31. The van der Waals surface area contributed by atoms with Gasteiger partial charge in [-0.15, -0.1) is 0 Å². The average molecular weight is 270 g/mol. The molecule has 104 valence electrons. The summed E-state index contributed by atoms with van der Waals surface area (Å²) in [5, 5.41) is 7.20. The summed E-state index contributed by atoms with van der Waals surface area (Å²) in [6.07, 6.45) is 4.81. The van der Waals surface area contributed by atoms with Crippen molar-refractivity contribution in [1.29, 1.82) is 0 Å². The number of benzene rings is 1. The van der Waals surface area contributed by atoms with Crippen LogP contribution in [0.25, 0.3) is 0 Å². The number of anilines is 1. The van der Waals surface area contributed by atoms with E-state index in [4.69, 9.17) is 5.73 Å². The fourth-order valence-corrected chi connectivity index (χ4v) is 2.75. The van der Waals surface area contributed by atoms with E-state index in [-0.39, 0.29) is 11.9 Å². The lowest BCUT2D eigenvalue weighted by atomic mass is 9.87. The van der Waals surface area contributed by atoms with Crippen molar-refractivity contribution in [3.8, 4) is 0 Å². The van der Waals surface area contributed by atoms with Crippen molar-refractivity contribution in [1.82, 2.24) is 15.1 Å². The Bertz CT molecular complexity index is 647. The van der Waals surface area contributed by atoms with Crippen LogP contribution in [0.5, 0.6) is 0 Å². The van der Waals surface area contributed by atoms with Crippen molar-refractivity contribution in [3.63, 3.8) is 0 Å². The third kappa shape index (κ3) is 2.39. The molecule has 1 heterocycles. The van der Waals surface area contributed by atoms with E-state index in [1.807, 2.05) is 18.2 Å². The normalized spacial score (nSPS) is 17.6. The summed E-state index contributed by atoms with van der Waals surface area (Å²) >= 11 is 0. The number of nitrogens with zero attached hydrogens (tertiary/aromatic N) is 2. The van der Waals surface area contributed by atoms with Gasteiger partial charge in [0.1, 0.15) is 5.69 Å². The largest absolute Gasteiger partial charge is 0.399 e. The molecule has 5 heteroatoms. The number of carbonyl (C=O) groups excluding carboxylic acids is 1. The van der Waals surface area contributed by atoms with E-state index >= 15 is 0 Å². The Balaban J connectivity index is 1.81. The zero-order valence-corrected chi connectivity index (χ0v) is 11.5. The monoisotopic (exact) mass is 270 g/mol. The number of carbonyl (C=O) groups is 1. The SMILES string of the molecule is Cn1ccc(C(=O)NC2CCCc3cc(N)ccc32)n1. The molecule has 5 nitrogen and oxygen atoms in total. The van der Waals surface area contributed by atoms with Crippen molar-refractivity contribution in [2.75, 3.05) is 5.73 Å². The molecule has 1 amide bonds. The predicted molar refractivity (Wildman–Crippen MR) is 77.2 cm³/mol. The molecule has 1 aliphatic rings. The Morgan fingerprint density at radius 3 is 3.05 bits per heavy atom. The quantitative estimate of drug-likeness (QED) is 0.817. The van der Waals surface area contributed by atoms with Crippen LogP contribution < -0.4 is 11.1 Å². The molecule has 0 radical (unpaired) electrons. The number of rotatable bonds is 2. The van der Waals surface area contributed by atoms with Crippen molar-refractivity contribution < 1.29 is 4.79 Å². The number of aromatic nitrogens is 2. The molecule has 1 aliphatic carbocycles. The molecular formula is C15H18N4O. The molecule has 1 aromatic heterocycles. The van der Waals surface area contributed by atoms with Crippen molar-refractivity contribution in [3.05, 3.63) is 47.3 Å². The van der Waals surface area contributed by atoms with Gasteiger partial charge in [0, 0.05) is 18.9 Å². The summed E-state index contributed by atoms with van der Waals surface area (Å²) < 4.78 is 1.63. The van der Waals surface area contributed by atoms with Gasteiger partial charge >= 0.3 is 0 Å². The summed E-state index contributed by atoms with van der Waals surface area (Å²) in [5.41, 5.74) is 9.47. The molecule has 0 aliphatic heterocycles. The summed E-state index contributed by atoms with van der Waals surface area (Å²) in [6, 6.07) is 7.70. The number of amides is 1. The zero-order chi connectivity index (χ0) is 14.1. The van der Waals surface area contributed by atoms with Crippen LogP contribution in [0.3, 0.4) is 0 Å². The Hall–Kier alpha value is -2.30. The standard InChI is InChI=1S/C15H18N4O/c1-19-8-7-14(18-19)15(20)17-13-4-2-3-10-9-11(16)5-6-12(10)13/h5-9,13H,2-4,16H2,1H3,(H,17,20). The highest BCUT2D eigenvalue weighted by Gasteiger charge is 2.23. The summed E-state index contributed by atoms with van der Waals surface area (Å²) in [7, 11) is 1.80. The molecular weight excluding hydrogens is 252 g/mol. The number of hydrogen-bond acceptors (Lipinski definition) is 3. The third-order valence-electron chi connectivity index (χ3n) is 3.73. The van der Waals surface area contributed by atoms with Crippen LogP contribution in [0, 0.1) is 0 Å². The fourth-order valence-electron chi connectivity index (χ4n) is 2.75. The Labute approximate surface area is 117 Å². The summed E-state index contributed by atoms with van der Waals surface area (Å²) in [4.78, 5) is 12.2. The molecule has 20 heavy (non-hydrogen) atoms. The van der Waals surface area contributed by atoms with Gasteiger partial charge in [-0.2, -0.15) is 5.10 Å². The zero-order valence-electron chi connectivity index (χ0n) is 11.5. The first-order valence-corrected chi connectivity index (χ1v) is 6.82. The maximum atomic E-state index is 12.2. The second-order valence-electron chi connectivity index (χ2n) is 5.25. The Morgan fingerprint density at radius 1 is 1.45 bits per heavy atom. The van der Waals surface area contributed by atoms with Gasteiger partial charge in [-0.1, -0.05) is 6.07 Å². The molecule has 0 fully saturated rings.